The molecule has 16 heavy (non-hydrogen) atoms. The molecule has 1 atom stereocenters. The zero-order valence-electron chi connectivity index (χ0n) is 8.74. The molecule has 1 aromatic carbocycles. The second kappa shape index (κ2) is 5.70. The Morgan fingerprint density at radius 3 is 2.94 bits per heavy atom. The predicted molar refractivity (Wildman–Crippen MR) is 72.3 cm³/mol. The van der Waals surface area contributed by atoms with Crippen LogP contribution >= 0.6 is 22.6 Å². The molecule has 0 heterocycles. The molecule has 0 aromatic heterocycles. The number of nitrogens with zero attached hydrogens (tertiary/aromatic N) is 1. The molecule has 5 heteroatoms. The SMILES string of the molecule is C#CCC(C)Nc1ccc(I)cc1[N+](=O)[O-]. The van der Waals surface area contributed by atoms with Crippen LogP contribution in [-0.2, 0) is 0 Å². The van der Waals surface area contributed by atoms with Gasteiger partial charge in [-0.25, -0.2) is 0 Å². The summed E-state index contributed by atoms with van der Waals surface area (Å²) in [6.45, 7) is 1.89. The number of rotatable bonds is 4. The van der Waals surface area contributed by atoms with Gasteiger partial charge in [-0.05, 0) is 41.6 Å². The number of nitro benzene ring substituents is 1. The van der Waals surface area contributed by atoms with Crippen LogP contribution < -0.4 is 5.32 Å². The molecule has 0 radical (unpaired) electrons. The lowest BCUT2D eigenvalue weighted by Gasteiger charge is -2.12. The van der Waals surface area contributed by atoms with Gasteiger partial charge in [0.1, 0.15) is 5.69 Å². The Morgan fingerprint density at radius 1 is 1.69 bits per heavy atom. The topological polar surface area (TPSA) is 55.2 Å². The van der Waals surface area contributed by atoms with Crippen molar-refractivity contribution in [3.63, 3.8) is 0 Å². The van der Waals surface area contributed by atoms with Crippen molar-refractivity contribution in [1.29, 1.82) is 0 Å². The van der Waals surface area contributed by atoms with Crippen molar-refractivity contribution in [3.05, 3.63) is 31.9 Å². The fourth-order valence-corrected chi connectivity index (χ4v) is 1.75. The molecule has 0 aliphatic heterocycles. The molecule has 0 bridgehead atoms. The van der Waals surface area contributed by atoms with Crippen LogP contribution in [-0.4, -0.2) is 11.0 Å². The highest BCUT2D eigenvalue weighted by Crippen LogP contribution is 2.27. The lowest BCUT2D eigenvalue weighted by molar-refractivity contribution is -0.384. The van der Waals surface area contributed by atoms with Crippen LogP contribution in [0.15, 0.2) is 18.2 Å². The molecule has 4 nitrogen and oxygen atoms in total. The number of benzene rings is 1. The summed E-state index contributed by atoms with van der Waals surface area (Å²) in [6.07, 6.45) is 5.71. The van der Waals surface area contributed by atoms with Gasteiger partial charge in [-0.2, -0.15) is 0 Å². The van der Waals surface area contributed by atoms with Crippen molar-refractivity contribution in [1.82, 2.24) is 0 Å². The first-order valence-corrected chi connectivity index (χ1v) is 5.76. The van der Waals surface area contributed by atoms with E-state index in [9.17, 15) is 10.1 Å². The number of hydrogen-bond donors (Lipinski definition) is 1. The molecule has 1 N–H and O–H groups in total. The average Bonchev–Trinajstić information content (AvgIpc) is 2.20. The molecular weight excluding hydrogens is 319 g/mol. The molecule has 0 saturated heterocycles. The minimum absolute atomic E-state index is 0.0174. The maximum absolute atomic E-state index is 10.8. The van der Waals surface area contributed by atoms with Crippen LogP contribution in [0.3, 0.4) is 0 Å². The fourth-order valence-electron chi connectivity index (χ4n) is 1.27. The quantitative estimate of drug-likeness (QED) is 0.400. The normalized spacial score (nSPS) is 11.6. The summed E-state index contributed by atoms with van der Waals surface area (Å²) >= 11 is 2.04. The van der Waals surface area contributed by atoms with Crippen molar-refractivity contribution < 1.29 is 4.92 Å². The van der Waals surface area contributed by atoms with Gasteiger partial charge in [0.15, 0.2) is 0 Å². The Bertz CT molecular complexity index is 440. The second-order valence-corrected chi connectivity index (χ2v) is 4.62. The summed E-state index contributed by atoms with van der Waals surface area (Å²) in [6, 6.07) is 5.07. The number of anilines is 1. The summed E-state index contributed by atoms with van der Waals surface area (Å²) in [5, 5.41) is 13.9. The number of terminal acetylenes is 1. The van der Waals surface area contributed by atoms with E-state index in [4.69, 9.17) is 6.42 Å². The largest absolute Gasteiger partial charge is 0.376 e. The summed E-state index contributed by atoms with van der Waals surface area (Å²) in [5.74, 6) is 2.51. The first-order valence-electron chi connectivity index (χ1n) is 4.68. The highest BCUT2D eigenvalue weighted by atomic mass is 127. The molecule has 0 amide bonds. The summed E-state index contributed by atoms with van der Waals surface area (Å²) in [5.41, 5.74) is 0.587. The molecule has 84 valence electrons. The highest BCUT2D eigenvalue weighted by Gasteiger charge is 2.15. The Morgan fingerprint density at radius 2 is 2.38 bits per heavy atom. The number of hydrogen-bond acceptors (Lipinski definition) is 3. The molecular formula is C11H11IN2O2. The number of halogens is 1. The smallest absolute Gasteiger partial charge is 0.293 e. The minimum atomic E-state index is -0.396. The molecule has 0 fully saturated rings. The van der Waals surface area contributed by atoms with Gasteiger partial charge in [-0.1, -0.05) is 0 Å². The van der Waals surface area contributed by atoms with E-state index in [1.165, 1.54) is 6.07 Å². The zero-order valence-corrected chi connectivity index (χ0v) is 10.9. The van der Waals surface area contributed by atoms with E-state index < -0.39 is 4.92 Å². The third kappa shape index (κ3) is 3.38. The van der Waals surface area contributed by atoms with E-state index in [0.29, 0.717) is 12.1 Å². The Labute approximate surface area is 108 Å². The van der Waals surface area contributed by atoms with Gasteiger partial charge in [0.2, 0.25) is 0 Å². The second-order valence-electron chi connectivity index (χ2n) is 3.37. The van der Waals surface area contributed by atoms with Crippen molar-refractivity contribution in [3.8, 4) is 12.3 Å². The van der Waals surface area contributed by atoms with Crippen LogP contribution in [0.4, 0.5) is 11.4 Å². The Balaban J connectivity index is 2.96. The molecule has 1 unspecified atom stereocenters. The Kier molecular flexibility index (Phi) is 4.55. The maximum atomic E-state index is 10.8. The third-order valence-corrected chi connectivity index (χ3v) is 2.65. The van der Waals surface area contributed by atoms with Gasteiger partial charge >= 0.3 is 0 Å². The van der Waals surface area contributed by atoms with Crippen LogP contribution in [0.1, 0.15) is 13.3 Å². The number of nitrogens with one attached hydrogen (secondary N) is 1. The standard InChI is InChI=1S/C11H11IN2O2/c1-3-4-8(2)13-10-6-5-9(12)7-11(10)14(15)16/h1,5-8,13H,4H2,2H3. The van der Waals surface area contributed by atoms with Gasteiger partial charge in [0, 0.05) is 22.1 Å². The molecule has 0 saturated carbocycles. The monoisotopic (exact) mass is 330 g/mol. The predicted octanol–water partition coefficient (Wildman–Crippen LogP) is 3.02. The molecule has 1 rings (SSSR count). The first-order chi connectivity index (χ1) is 7.54. The first kappa shape index (κ1) is 12.8. The van der Waals surface area contributed by atoms with Crippen molar-refractivity contribution >= 4 is 34.0 Å². The zero-order chi connectivity index (χ0) is 12.1. The van der Waals surface area contributed by atoms with E-state index in [-0.39, 0.29) is 11.7 Å². The lowest BCUT2D eigenvalue weighted by Crippen LogP contribution is -2.15. The van der Waals surface area contributed by atoms with E-state index in [1.807, 2.05) is 35.6 Å². The third-order valence-electron chi connectivity index (χ3n) is 1.98. The highest BCUT2D eigenvalue weighted by molar-refractivity contribution is 14.1. The van der Waals surface area contributed by atoms with Crippen LogP contribution in [0, 0.1) is 26.0 Å². The Hall–Kier alpha value is -1.29. The van der Waals surface area contributed by atoms with Crippen LogP contribution in [0.2, 0.25) is 0 Å². The minimum Gasteiger partial charge on any atom is -0.376 e. The van der Waals surface area contributed by atoms with Gasteiger partial charge in [0.25, 0.3) is 5.69 Å². The van der Waals surface area contributed by atoms with E-state index in [1.54, 1.807) is 6.07 Å². The lowest BCUT2D eigenvalue weighted by atomic mass is 10.2. The molecule has 0 aliphatic carbocycles. The molecule has 0 spiro atoms. The summed E-state index contributed by atoms with van der Waals surface area (Å²) < 4.78 is 0.833. The molecule has 1 aromatic rings. The van der Waals surface area contributed by atoms with Crippen molar-refractivity contribution in [2.24, 2.45) is 0 Å². The van der Waals surface area contributed by atoms with Crippen molar-refractivity contribution in [2.45, 2.75) is 19.4 Å². The maximum Gasteiger partial charge on any atom is 0.293 e. The van der Waals surface area contributed by atoms with E-state index in [2.05, 4.69) is 11.2 Å². The van der Waals surface area contributed by atoms with Gasteiger partial charge in [-0.15, -0.1) is 12.3 Å². The van der Waals surface area contributed by atoms with Crippen LogP contribution in [0.25, 0.3) is 0 Å². The van der Waals surface area contributed by atoms with Gasteiger partial charge in [-0.3, -0.25) is 10.1 Å². The molecule has 0 aliphatic rings. The summed E-state index contributed by atoms with van der Waals surface area (Å²) in [7, 11) is 0. The van der Waals surface area contributed by atoms with E-state index in [0.717, 1.165) is 3.57 Å². The summed E-state index contributed by atoms with van der Waals surface area (Å²) in [4.78, 5) is 10.4. The average molecular weight is 330 g/mol. The fraction of sp³-hybridized carbons (Fsp3) is 0.273. The number of nitro groups is 1. The van der Waals surface area contributed by atoms with E-state index >= 15 is 0 Å². The van der Waals surface area contributed by atoms with Crippen LogP contribution in [0.5, 0.6) is 0 Å². The van der Waals surface area contributed by atoms with Crippen molar-refractivity contribution in [2.75, 3.05) is 5.32 Å². The van der Waals surface area contributed by atoms with Gasteiger partial charge < -0.3 is 5.32 Å². The van der Waals surface area contributed by atoms with Gasteiger partial charge in [0.05, 0.1) is 4.92 Å².